The van der Waals surface area contributed by atoms with Crippen LogP contribution in [0.4, 0.5) is 0 Å². The zero-order chi connectivity index (χ0) is 14.1. The Morgan fingerprint density at radius 1 is 1.45 bits per heavy atom. The smallest absolute Gasteiger partial charge is 0.267 e. The molecule has 3 heterocycles. The van der Waals surface area contributed by atoms with E-state index in [0.717, 1.165) is 41.6 Å². The van der Waals surface area contributed by atoms with Gasteiger partial charge >= 0.3 is 0 Å². The van der Waals surface area contributed by atoms with Crippen molar-refractivity contribution >= 4 is 22.9 Å². The summed E-state index contributed by atoms with van der Waals surface area (Å²) >= 11 is 7.57. The van der Waals surface area contributed by atoms with Gasteiger partial charge in [-0.15, -0.1) is 11.3 Å². The van der Waals surface area contributed by atoms with Crippen LogP contribution in [0.5, 0.6) is 0 Å². The molecule has 0 unspecified atom stereocenters. The number of aryl methyl sites for hydroxylation is 1. The minimum absolute atomic E-state index is 0.00716. The highest BCUT2D eigenvalue weighted by atomic mass is 35.5. The van der Waals surface area contributed by atoms with Gasteiger partial charge in [-0.05, 0) is 24.6 Å². The Kier molecular flexibility index (Phi) is 3.92. The van der Waals surface area contributed by atoms with Gasteiger partial charge in [-0.25, -0.2) is 4.68 Å². The third kappa shape index (κ3) is 2.80. The van der Waals surface area contributed by atoms with Crippen molar-refractivity contribution in [3.05, 3.63) is 49.0 Å². The Bertz CT molecular complexity index is 679. The number of rotatable bonds is 3. The molecular formula is C14H16ClN3OS. The van der Waals surface area contributed by atoms with Gasteiger partial charge in [-0.3, -0.25) is 9.69 Å². The number of hydrogen-bond acceptors (Lipinski definition) is 4. The monoisotopic (exact) mass is 309 g/mol. The van der Waals surface area contributed by atoms with E-state index in [-0.39, 0.29) is 5.56 Å². The lowest BCUT2D eigenvalue weighted by atomic mass is 10.1. The van der Waals surface area contributed by atoms with E-state index in [0.29, 0.717) is 6.54 Å². The highest BCUT2D eigenvalue weighted by Crippen LogP contribution is 2.24. The summed E-state index contributed by atoms with van der Waals surface area (Å²) < 4.78 is 2.36. The van der Waals surface area contributed by atoms with E-state index in [1.165, 1.54) is 9.56 Å². The molecule has 20 heavy (non-hydrogen) atoms. The maximum absolute atomic E-state index is 11.9. The van der Waals surface area contributed by atoms with E-state index in [1.807, 2.05) is 13.0 Å². The Balaban J connectivity index is 1.78. The van der Waals surface area contributed by atoms with Crippen molar-refractivity contribution in [1.82, 2.24) is 14.7 Å². The summed E-state index contributed by atoms with van der Waals surface area (Å²) in [6.45, 7) is 5.21. The van der Waals surface area contributed by atoms with E-state index >= 15 is 0 Å². The molecule has 2 aromatic heterocycles. The first kappa shape index (κ1) is 13.8. The fourth-order valence-corrected chi connectivity index (χ4v) is 3.65. The van der Waals surface area contributed by atoms with Crippen LogP contribution in [0.2, 0.25) is 4.34 Å². The Morgan fingerprint density at radius 2 is 2.30 bits per heavy atom. The summed E-state index contributed by atoms with van der Waals surface area (Å²) in [6, 6.07) is 5.73. The van der Waals surface area contributed by atoms with Crippen LogP contribution in [0.25, 0.3) is 0 Å². The molecule has 1 aliphatic heterocycles. The fourth-order valence-electron chi connectivity index (χ4n) is 2.52. The van der Waals surface area contributed by atoms with Gasteiger partial charge < -0.3 is 0 Å². The number of hydrogen-bond donors (Lipinski definition) is 0. The molecule has 4 nitrogen and oxygen atoms in total. The van der Waals surface area contributed by atoms with Crippen LogP contribution in [0.3, 0.4) is 0 Å². The maximum Gasteiger partial charge on any atom is 0.267 e. The van der Waals surface area contributed by atoms with Crippen LogP contribution < -0.4 is 5.56 Å². The van der Waals surface area contributed by atoms with Crippen LogP contribution in [0.15, 0.2) is 23.0 Å². The molecule has 0 saturated heterocycles. The number of nitrogens with zero attached hydrogens (tertiary/aromatic N) is 3. The van der Waals surface area contributed by atoms with Crippen LogP contribution in [0, 0.1) is 0 Å². The Hall–Kier alpha value is -1.17. The van der Waals surface area contributed by atoms with Crippen molar-refractivity contribution in [2.24, 2.45) is 0 Å². The summed E-state index contributed by atoms with van der Waals surface area (Å²) in [5.41, 5.74) is 2.12. The van der Waals surface area contributed by atoms with Crippen LogP contribution >= 0.6 is 22.9 Å². The zero-order valence-electron chi connectivity index (χ0n) is 11.3. The van der Waals surface area contributed by atoms with Gasteiger partial charge in [0.25, 0.3) is 5.56 Å². The normalized spacial score (nSPS) is 15.3. The van der Waals surface area contributed by atoms with E-state index in [1.54, 1.807) is 17.4 Å². The number of aromatic nitrogens is 2. The third-order valence-corrected chi connectivity index (χ3v) is 4.75. The van der Waals surface area contributed by atoms with Gasteiger partial charge in [-0.2, -0.15) is 5.10 Å². The minimum atomic E-state index is -0.00716. The molecule has 0 radical (unpaired) electrons. The number of halogens is 1. The topological polar surface area (TPSA) is 38.1 Å². The molecule has 0 aliphatic carbocycles. The van der Waals surface area contributed by atoms with E-state index in [2.05, 4.69) is 16.1 Å². The molecule has 0 aromatic carbocycles. The molecule has 0 spiro atoms. The molecule has 6 heteroatoms. The van der Waals surface area contributed by atoms with Gasteiger partial charge in [0.15, 0.2) is 0 Å². The summed E-state index contributed by atoms with van der Waals surface area (Å²) in [4.78, 5) is 15.4. The molecule has 0 saturated carbocycles. The standard InChI is InChI=1S/C14H16ClN3OS/c1-2-18-14(19)7-10-8-17(6-5-12(10)16-18)9-11-3-4-13(15)20-11/h3-4,7H,2,5-6,8-9H2,1H3. The first-order valence-electron chi connectivity index (χ1n) is 6.72. The van der Waals surface area contributed by atoms with Gasteiger partial charge in [0, 0.05) is 43.5 Å². The van der Waals surface area contributed by atoms with Crippen molar-refractivity contribution in [1.29, 1.82) is 0 Å². The van der Waals surface area contributed by atoms with Crippen molar-refractivity contribution in [2.45, 2.75) is 33.0 Å². The Morgan fingerprint density at radius 3 is 3.00 bits per heavy atom. The molecule has 0 bridgehead atoms. The molecule has 3 rings (SSSR count). The summed E-state index contributed by atoms with van der Waals surface area (Å²) in [5.74, 6) is 0. The van der Waals surface area contributed by atoms with Gasteiger partial charge in [0.2, 0.25) is 0 Å². The largest absolute Gasteiger partial charge is 0.294 e. The third-order valence-electron chi connectivity index (χ3n) is 3.53. The van der Waals surface area contributed by atoms with E-state index in [9.17, 15) is 4.79 Å². The average Bonchev–Trinajstić information content (AvgIpc) is 2.83. The molecule has 0 N–H and O–H groups in total. The van der Waals surface area contributed by atoms with Crippen molar-refractivity contribution in [3.8, 4) is 0 Å². The summed E-state index contributed by atoms with van der Waals surface area (Å²) in [5, 5.41) is 4.44. The van der Waals surface area contributed by atoms with Gasteiger partial charge in [-0.1, -0.05) is 11.6 Å². The lowest BCUT2D eigenvalue weighted by Crippen LogP contribution is -2.34. The average molecular weight is 310 g/mol. The first-order chi connectivity index (χ1) is 9.65. The second-order valence-electron chi connectivity index (χ2n) is 4.94. The van der Waals surface area contributed by atoms with Crippen LogP contribution in [0.1, 0.15) is 23.1 Å². The van der Waals surface area contributed by atoms with Crippen molar-refractivity contribution in [2.75, 3.05) is 6.54 Å². The molecule has 0 amide bonds. The minimum Gasteiger partial charge on any atom is -0.294 e. The highest BCUT2D eigenvalue weighted by Gasteiger charge is 2.19. The molecule has 0 fully saturated rings. The number of fused-ring (bicyclic) bond motifs is 1. The first-order valence-corrected chi connectivity index (χ1v) is 7.91. The molecule has 106 valence electrons. The predicted octanol–water partition coefficient (Wildman–Crippen LogP) is 2.54. The molecule has 1 aliphatic rings. The second kappa shape index (κ2) is 5.68. The van der Waals surface area contributed by atoms with E-state index in [4.69, 9.17) is 11.6 Å². The van der Waals surface area contributed by atoms with Crippen LogP contribution in [-0.4, -0.2) is 21.2 Å². The quantitative estimate of drug-likeness (QED) is 0.874. The summed E-state index contributed by atoms with van der Waals surface area (Å²) in [6.07, 6.45) is 0.898. The van der Waals surface area contributed by atoms with Gasteiger partial charge in [0.05, 0.1) is 10.0 Å². The van der Waals surface area contributed by atoms with Crippen molar-refractivity contribution < 1.29 is 0 Å². The van der Waals surface area contributed by atoms with Crippen molar-refractivity contribution in [3.63, 3.8) is 0 Å². The lowest BCUT2D eigenvalue weighted by molar-refractivity contribution is 0.243. The fraction of sp³-hybridized carbons (Fsp3) is 0.429. The SMILES string of the molecule is CCn1nc2c(cc1=O)CN(Cc1ccc(Cl)s1)CC2. The zero-order valence-corrected chi connectivity index (χ0v) is 12.9. The Labute approximate surface area is 126 Å². The molecule has 0 atom stereocenters. The van der Waals surface area contributed by atoms with Gasteiger partial charge in [0.1, 0.15) is 0 Å². The predicted molar refractivity (Wildman–Crippen MR) is 81.3 cm³/mol. The van der Waals surface area contributed by atoms with E-state index < -0.39 is 0 Å². The summed E-state index contributed by atoms with van der Waals surface area (Å²) in [7, 11) is 0. The molecule has 2 aromatic rings. The second-order valence-corrected chi connectivity index (χ2v) is 6.74. The highest BCUT2D eigenvalue weighted by molar-refractivity contribution is 7.16. The number of thiophene rings is 1. The maximum atomic E-state index is 11.9. The molecular weight excluding hydrogens is 294 g/mol. The lowest BCUT2D eigenvalue weighted by Gasteiger charge is -2.27. The van der Waals surface area contributed by atoms with Crippen LogP contribution in [-0.2, 0) is 26.1 Å².